The Hall–Kier alpha value is -3.37. The third-order valence-corrected chi connectivity index (χ3v) is 6.22. The fraction of sp³-hybridized carbons (Fsp3) is 0.0476. The van der Waals surface area contributed by atoms with E-state index in [0.717, 1.165) is 33.3 Å². The van der Waals surface area contributed by atoms with Crippen LogP contribution in [0.15, 0.2) is 74.5 Å². The number of para-hydroxylation sites is 1. The lowest BCUT2D eigenvalue weighted by Crippen LogP contribution is -2.22. The summed E-state index contributed by atoms with van der Waals surface area (Å²) in [6, 6.07) is 13.6. The second-order valence-electron chi connectivity index (χ2n) is 6.43. The standard InChI is InChI=1S/C21H12F2N4O2S2/c22-12-7-8-16(14(23)10-12)27-20(28)13-4-1-2-5-15(13)24-21(27)31-11-18-25-19(26-29-18)17-6-3-9-30-17/h1-10H,11H2. The molecule has 0 aliphatic heterocycles. The third-order valence-electron chi connectivity index (χ3n) is 4.43. The van der Waals surface area contributed by atoms with Crippen molar-refractivity contribution in [2.75, 3.05) is 0 Å². The Kier molecular flexibility index (Phi) is 5.08. The van der Waals surface area contributed by atoms with E-state index in [0.29, 0.717) is 22.6 Å². The summed E-state index contributed by atoms with van der Waals surface area (Å²) in [6.07, 6.45) is 0. The molecule has 154 valence electrons. The van der Waals surface area contributed by atoms with Crippen LogP contribution in [0.3, 0.4) is 0 Å². The fourth-order valence-electron chi connectivity index (χ4n) is 3.03. The van der Waals surface area contributed by atoms with Crippen molar-refractivity contribution in [3.63, 3.8) is 0 Å². The summed E-state index contributed by atoms with van der Waals surface area (Å²) in [4.78, 5) is 22.9. The Bertz CT molecular complexity index is 1450. The van der Waals surface area contributed by atoms with E-state index in [2.05, 4.69) is 15.1 Å². The summed E-state index contributed by atoms with van der Waals surface area (Å²) < 4.78 is 34.4. The molecule has 0 aliphatic rings. The summed E-state index contributed by atoms with van der Waals surface area (Å²) in [5.41, 5.74) is -0.0704. The SMILES string of the molecule is O=c1c2ccccc2nc(SCc2nc(-c3cccs3)no2)n1-c1ccc(F)cc1F. The maximum atomic E-state index is 14.5. The molecule has 3 aromatic heterocycles. The van der Waals surface area contributed by atoms with Gasteiger partial charge in [0.05, 0.1) is 27.2 Å². The molecule has 0 saturated carbocycles. The predicted octanol–water partition coefficient (Wildman–Crippen LogP) is 5.07. The number of thiophene rings is 1. The largest absolute Gasteiger partial charge is 0.338 e. The number of fused-ring (bicyclic) bond motifs is 1. The number of rotatable bonds is 5. The van der Waals surface area contributed by atoms with Crippen molar-refractivity contribution in [3.05, 3.63) is 87.9 Å². The molecule has 0 fully saturated rings. The first kappa shape index (κ1) is 19.6. The summed E-state index contributed by atoms with van der Waals surface area (Å²) in [7, 11) is 0. The molecule has 5 aromatic rings. The van der Waals surface area contributed by atoms with Gasteiger partial charge in [-0.1, -0.05) is 35.1 Å². The number of hydrogen-bond acceptors (Lipinski definition) is 7. The second kappa shape index (κ2) is 8.05. The summed E-state index contributed by atoms with van der Waals surface area (Å²) >= 11 is 2.63. The van der Waals surface area contributed by atoms with Crippen molar-refractivity contribution in [2.45, 2.75) is 10.9 Å². The smallest absolute Gasteiger partial charge is 0.266 e. The first-order chi connectivity index (χ1) is 15.1. The van der Waals surface area contributed by atoms with Crippen molar-refractivity contribution < 1.29 is 13.3 Å². The van der Waals surface area contributed by atoms with Crippen LogP contribution >= 0.6 is 23.1 Å². The van der Waals surface area contributed by atoms with Gasteiger partial charge in [-0.2, -0.15) is 4.98 Å². The number of halogens is 2. The number of benzene rings is 2. The molecular formula is C21H12F2N4O2S2. The highest BCUT2D eigenvalue weighted by atomic mass is 32.2. The minimum absolute atomic E-state index is 0.0862. The minimum Gasteiger partial charge on any atom is -0.338 e. The van der Waals surface area contributed by atoms with Crippen LogP contribution in [0.2, 0.25) is 0 Å². The first-order valence-electron chi connectivity index (χ1n) is 9.06. The number of aromatic nitrogens is 4. The van der Waals surface area contributed by atoms with Gasteiger partial charge in [0.15, 0.2) is 5.16 Å². The average molecular weight is 454 g/mol. The highest BCUT2D eigenvalue weighted by Crippen LogP contribution is 2.27. The zero-order chi connectivity index (χ0) is 21.4. The van der Waals surface area contributed by atoms with Crippen LogP contribution in [-0.4, -0.2) is 19.7 Å². The molecule has 0 unspecified atom stereocenters. The van der Waals surface area contributed by atoms with E-state index in [9.17, 15) is 13.6 Å². The first-order valence-corrected chi connectivity index (χ1v) is 10.9. The van der Waals surface area contributed by atoms with Gasteiger partial charge in [0.2, 0.25) is 11.7 Å². The normalized spacial score (nSPS) is 11.3. The molecule has 0 bridgehead atoms. The van der Waals surface area contributed by atoms with Gasteiger partial charge >= 0.3 is 0 Å². The Morgan fingerprint density at radius 1 is 1.06 bits per heavy atom. The lowest BCUT2D eigenvalue weighted by molar-refractivity contribution is 0.391. The molecule has 2 aromatic carbocycles. The molecule has 0 amide bonds. The molecule has 0 atom stereocenters. The van der Waals surface area contributed by atoms with Crippen LogP contribution in [0, 0.1) is 11.6 Å². The molecule has 31 heavy (non-hydrogen) atoms. The average Bonchev–Trinajstić information content (AvgIpc) is 3.45. The van der Waals surface area contributed by atoms with Crippen molar-refractivity contribution >= 4 is 34.0 Å². The van der Waals surface area contributed by atoms with Crippen molar-refractivity contribution in [2.24, 2.45) is 0 Å². The molecule has 3 heterocycles. The van der Waals surface area contributed by atoms with E-state index in [1.54, 1.807) is 24.3 Å². The van der Waals surface area contributed by atoms with Crippen LogP contribution in [0.5, 0.6) is 0 Å². The Morgan fingerprint density at radius 2 is 1.94 bits per heavy atom. The third kappa shape index (κ3) is 3.75. The predicted molar refractivity (Wildman–Crippen MR) is 114 cm³/mol. The lowest BCUT2D eigenvalue weighted by Gasteiger charge is -2.13. The number of nitrogens with zero attached hydrogens (tertiary/aromatic N) is 4. The zero-order valence-electron chi connectivity index (χ0n) is 15.7. The minimum atomic E-state index is -0.862. The van der Waals surface area contributed by atoms with Crippen LogP contribution < -0.4 is 5.56 Å². The summed E-state index contributed by atoms with van der Waals surface area (Å²) in [5, 5.41) is 6.43. The second-order valence-corrected chi connectivity index (χ2v) is 8.32. The van der Waals surface area contributed by atoms with Crippen LogP contribution in [0.1, 0.15) is 5.89 Å². The van der Waals surface area contributed by atoms with E-state index < -0.39 is 17.2 Å². The molecular weight excluding hydrogens is 442 g/mol. The van der Waals surface area contributed by atoms with Gasteiger partial charge in [-0.05, 0) is 35.7 Å². The van der Waals surface area contributed by atoms with Crippen molar-refractivity contribution in [3.8, 4) is 16.4 Å². The zero-order valence-corrected chi connectivity index (χ0v) is 17.3. The van der Waals surface area contributed by atoms with Gasteiger partial charge in [-0.3, -0.25) is 9.36 Å². The van der Waals surface area contributed by atoms with Crippen LogP contribution in [0.4, 0.5) is 8.78 Å². The molecule has 0 N–H and O–H groups in total. The van der Waals surface area contributed by atoms with Crippen molar-refractivity contribution in [1.82, 2.24) is 19.7 Å². The van der Waals surface area contributed by atoms with Gasteiger partial charge in [0, 0.05) is 6.07 Å². The fourth-order valence-corrected chi connectivity index (χ4v) is 4.52. The molecule has 0 radical (unpaired) electrons. The Morgan fingerprint density at radius 3 is 2.74 bits per heavy atom. The van der Waals surface area contributed by atoms with Crippen LogP contribution in [-0.2, 0) is 5.75 Å². The molecule has 0 saturated heterocycles. The molecule has 0 spiro atoms. The molecule has 10 heteroatoms. The van der Waals surface area contributed by atoms with Gasteiger partial charge in [0.1, 0.15) is 11.6 Å². The summed E-state index contributed by atoms with van der Waals surface area (Å²) in [6.45, 7) is 0. The van der Waals surface area contributed by atoms with E-state index in [4.69, 9.17) is 4.52 Å². The number of hydrogen-bond donors (Lipinski definition) is 0. The highest BCUT2D eigenvalue weighted by molar-refractivity contribution is 7.98. The van der Waals surface area contributed by atoms with E-state index in [-0.39, 0.29) is 16.6 Å². The molecule has 0 aliphatic carbocycles. The maximum absolute atomic E-state index is 14.5. The van der Waals surface area contributed by atoms with Gasteiger partial charge in [-0.15, -0.1) is 11.3 Å². The van der Waals surface area contributed by atoms with Gasteiger partial charge in [0.25, 0.3) is 5.56 Å². The van der Waals surface area contributed by atoms with E-state index >= 15 is 0 Å². The van der Waals surface area contributed by atoms with Crippen molar-refractivity contribution in [1.29, 1.82) is 0 Å². The van der Waals surface area contributed by atoms with E-state index in [1.165, 1.54) is 17.4 Å². The van der Waals surface area contributed by atoms with Gasteiger partial charge < -0.3 is 4.52 Å². The lowest BCUT2D eigenvalue weighted by atomic mass is 10.2. The monoisotopic (exact) mass is 454 g/mol. The number of thioether (sulfide) groups is 1. The van der Waals surface area contributed by atoms with Crippen LogP contribution in [0.25, 0.3) is 27.3 Å². The van der Waals surface area contributed by atoms with E-state index in [1.807, 2.05) is 17.5 Å². The molecule has 5 rings (SSSR count). The topological polar surface area (TPSA) is 73.8 Å². The quantitative estimate of drug-likeness (QED) is 0.273. The maximum Gasteiger partial charge on any atom is 0.266 e. The van der Waals surface area contributed by atoms with Gasteiger partial charge in [-0.25, -0.2) is 13.8 Å². The summed E-state index contributed by atoms with van der Waals surface area (Å²) in [5.74, 6) is -0.574. The molecule has 6 nitrogen and oxygen atoms in total. The Balaban J connectivity index is 1.56. The Labute approximate surface area is 182 Å². The highest BCUT2D eigenvalue weighted by Gasteiger charge is 2.18.